The van der Waals surface area contributed by atoms with Gasteiger partial charge in [0.05, 0.1) is 9.82 Å². The standard InChI is InChI=1S/C24H25N3O8S/c1-4-26(5-2)36(32,33)22-14-18(9-6-16(22)3)25-23(28)15-34-24(29)21-13-12-20(35-21)17-7-10-19(11-8-17)27(30)31/h6-14H,4-5,15H2,1-3H3,(H,25,28). The molecule has 0 unspecified atom stereocenters. The Labute approximate surface area is 207 Å². The average Bonchev–Trinajstić information content (AvgIpc) is 3.35. The van der Waals surface area contributed by atoms with Crippen LogP contribution >= 0.6 is 0 Å². The quantitative estimate of drug-likeness (QED) is 0.242. The Morgan fingerprint density at radius 1 is 1.06 bits per heavy atom. The molecule has 1 heterocycles. The third-order valence-electron chi connectivity index (χ3n) is 5.30. The molecule has 0 spiro atoms. The number of nitro groups is 1. The minimum atomic E-state index is -3.73. The second kappa shape index (κ2) is 11.1. The number of rotatable bonds is 10. The van der Waals surface area contributed by atoms with Gasteiger partial charge in [0.15, 0.2) is 6.61 Å². The zero-order valence-corrected chi connectivity index (χ0v) is 20.7. The third kappa shape index (κ3) is 5.96. The van der Waals surface area contributed by atoms with E-state index in [1.807, 2.05) is 0 Å². The molecule has 1 N–H and O–H groups in total. The zero-order chi connectivity index (χ0) is 26.5. The molecular weight excluding hydrogens is 490 g/mol. The Balaban J connectivity index is 1.63. The van der Waals surface area contributed by atoms with Gasteiger partial charge in [-0.15, -0.1) is 0 Å². The number of nitro benzene ring substituents is 1. The number of hydrogen-bond donors (Lipinski definition) is 1. The number of non-ortho nitro benzene ring substituents is 1. The normalized spacial score (nSPS) is 11.3. The third-order valence-corrected chi connectivity index (χ3v) is 7.49. The van der Waals surface area contributed by atoms with Crippen molar-refractivity contribution in [2.45, 2.75) is 25.7 Å². The molecule has 11 nitrogen and oxygen atoms in total. The number of carbonyl (C=O) groups is 2. The number of hydrogen-bond acceptors (Lipinski definition) is 8. The van der Waals surface area contributed by atoms with E-state index in [0.29, 0.717) is 30.0 Å². The summed E-state index contributed by atoms with van der Waals surface area (Å²) in [6.07, 6.45) is 0. The van der Waals surface area contributed by atoms with Crippen LogP contribution in [0.25, 0.3) is 11.3 Å². The van der Waals surface area contributed by atoms with Gasteiger partial charge in [0, 0.05) is 36.5 Å². The molecule has 3 aromatic rings. The Morgan fingerprint density at radius 3 is 2.33 bits per heavy atom. The van der Waals surface area contributed by atoms with Gasteiger partial charge in [-0.2, -0.15) is 4.31 Å². The second-order valence-corrected chi connectivity index (χ2v) is 9.57. The van der Waals surface area contributed by atoms with Crippen molar-refractivity contribution < 1.29 is 32.1 Å². The molecule has 1 aromatic heterocycles. The van der Waals surface area contributed by atoms with E-state index in [4.69, 9.17) is 9.15 Å². The highest BCUT2D eigenvalue weighted by Gasteiger charge is 2.24. The smallest absolute Gasteiger partial charge is 0.374 e. The summed E-state index contributed by atoms with van der Waals surface area (Å²) in [5.74, 6) is -1.41. The molecule has 0 radical (unpaired) electrons. The maximum Gasteiger partial charge on any atom is 0.374 e. The molecule has 0 saturated carbocycles. The Bertz CT molecular complexity index is 1380. The lowest BCUT2D eigenvalue weighted by atomic mass is 10.1. The summed E-state index contributed by atoms with van der Waals surface area (Å²) in [6.45, 7) is 5.14. The number of sulfonamides is 1. The summed E-state index contributed by atoms with van der Waals surface area (Å²) >= 11 is 0. The largest absolute Gasteiger partial charge is 0.450 e. The fourth-order valence-electron chi connectivity index (χ4n) is 3.41. The number of amides is 1. The summed E-state index contributed by atoms with van der Waals surface area (Å²) in [5, 5.41) is 13.3. The van der Waals surface area contributed by atoms with Crippen LogP contribution in [-0.4, -0.2) is 49.2 Å². The molecule has 3 rings (SSSR count). The van der Waals surface area contributed by atoms with Crippen LogP contribution in [0.15, 0.2) is 63.9 Å². The molecule has 0 saturated heterocycles. The number of nitrogens with zero attached hydrogens (tertiary/aromatic N) is 2. The van der Waals surface area contributed by atoms with Crippen LogP contribution in [0.3, 0.4) is 0 Å². The van der Waals surface area contributed by atoms with Crippen LogP contribution < -0.4 is 5.32 Å². The fourth-order valence-corrected chi connectivity index (χ4v) is 5.12. The molecule has 0 bridgehead atoms. The Kier molecular flexibility index (Phi) is 8.22. The topological polar surface area (TPSA) is 149 Å². The first-order valence-corrected chi connectivity index (χ1v) is 12.4. The molecule has 1 amide bonds. The molecule has 36 heavy (non-hydrogen) atoms. The number of esters is 1. The van der Waals surface area contributed by atoms with E-state index in [0.717, 1.165) is 0 Å². The van der Waals surface area contributed by atoms with Gasteiger partial charge in [0.2, 0.25) is 15.8 Å². The molecule has 190 valence electrons. The molecule has 0 atom stereocenters. The zero-order valence-electron chi connectivity index (χ0n) is 19.9. The molecule has 12 heteroatoms. The van der Waals surface area contributed by atoms with Crippen molar-refractivity contribution in [3.63, 3.8) is 0 Å². The van der Waals surface area contributed by atoms with Crippen LogP contribution in [0.4, 0.5) is 11.4 Å². The van der Waals surface area contributed by atoms with Gasteiger partial charge in [-0.1, -0.05) is 19.9 Å². The number of nitrogens with one attached hydrogen (secondary N) is 1. The van der Waals surface area contributed by atoms with Gasteiger partial charge in [-0.05, 0) is 48.9 Å². The highest BCUT2D eigenvalue weighted by Crippen LogP contribution is 2.25. The van der Waals surface area contributed by atoms with Gasteiger partial charge >= 0.3 is 5.97 Å². The monoisotopic (exact) mass is 515 g/mol. The predicted octanol–water partition coefficient (Wildman–Crippen LogP) is 3.99. The number of benzene rings is 2. The van der Waals surface area contributed by atoms with Crippen molar-refractivity contribution in [1.29, 1.82) is 0 Å². The van der Waals surface area contributed by atoms with Crippen molar-refractivity contribution >= 4 is 33.3 Å². The summed E-state index contributed by atoms with van der Waals surface area (Å²) in [7, 11) is -3.73. The van der Waals surface area contributed by atoms with Crippen LogP contribution in [0, 0.1) is 17.0 Å². The lowest BCUT2D eigenvalue weighted by Gasteiger charge is -2.20. The summed E-state index contributed by atoms with van der Waals surface area (Å²) in [6, 6.07) is 13.0. The number of anilines is 1. The number of carbonyl (C=O) groups excluding carboxylic acids is 2. The van der Waals surface area contributed by atoms with Crippen LogP contribution in [0.2, 0.25) is 0 Å². The average molecular weight is 516 g/mol. The van der Waals surface area contributed by atoms with E-state index < -0.39 is 33.4 Å². The number of furan rings is 1. The number of ether oxygens (including phenoxy) is 1. The van der Waals surface area contributed by atoms with E-state index in [9.17, 15) is 28.1 Å². The van der Waals surface area contributed by atoms with Crippen molar-refractivity contribution in [2.75, 3.05) is 25.0 Å². The first-order valence-electron chi connectivity index (χ1n) is 11.0. The van der Waals surface area contributed by atoms with E-state index >= 15 is 0 Å². The lowest BCUT2D eigenvalue weighted by Crippen LogP contribution is -2.31. The van der Waals surface area contributed by atoms with Gasteiger partial charge in [-0.3, -0.25) is 14.9 Å². The Morgan fingerprint density at radius 2 is 1.72 bits per heavy atom. The molecule has 0 aliphatic heterocycles. The minimum Gasteiger partial charge on any atom is -0.450 e. The maximum absolute atomic E-state index is 12.9. The molecule has 0 fully saturated rings. The van der Waals surface area contributed by atoms with Gasteiger partial charge in [0.25, 0.3) is 11.6 Å². The van der Waals surface area contributed by atoms with Gasteiger partial charge in [0.1, 0.15) is 5.76 Å². The van der Waals surface area contributed by atoms with Crippen LogP contribution in [-0.2, 0) is 19.6 Å². The van der Waals surface area contributed by atoms with Crippen LogP contribution in [0.5, 0.6) is 0 Å². The first kappa shape index (κ1) is 26.6. The Hall–Kier alpha value is -4.03. The lowest BCUT2D eigenvalue weighted by molar-refractivity contribution is -0.384. The molecule has 0 aliphatic carbocycles. The van der Waals surface area contributed by atoms with E-state index in [2.05, 4.69) is 5.32 Å². The summed E-state index contributed by atoms with van der Waals surface area (Å²) in [5.41, 5.74) is 1.22. The molecule has 0 aliphatic rings. The van der Waals surface area contributed by atoms with E-state index in [-0.39, 0.29) is 22.0 Å². The maximum atomic E-state index is 12.9. The SMILES string of the molecule is CCN(CC)S(=O)(=O)c1cc(NC(=O)COC(=O)c2ccc(-c3ccc([N+](=O)[O-])cc3)o2)ccc1C. The van der Waals surface area contributed by atoms with E-state index in [1.54, 1.807) is 32.9 Å². The van der Waals surface area contributed by atoms with Gasteiger partial charge in [-0.25, -0.2) is 13.2 Å². The summed E-state index contributed by atoms with van der Waals surface area (Å²) < 4.78 is 37.5. The van der Waals surface area contributed by atoms with Gasteiger partial charge < -0.3 is 14.5 Å². The van der Waals surface area contributed by atoms with Crippen molar-refractivity contribution in [2.24, 2.45) is 0 Å². The minimum absolute atomic E-state index is 0.0790. The van der Waals surface area contributed by atoms with Crippen LogP contribution in [0.1, 0.15) is 30.0 Å². The fraction of sp³-hybridized carbons (Fsp3) is 0.250. The molecule has 2 aromatic carbocycles. The highest BCUT2D eigenvalue weighted by atomic mass is 32.2. The second-order valence-electron chi connectivity index (χ2n) is 7.66. The highest BCUT2D eigenvalue weighted by molar-refractivity contribution is 7.89. The van der Waals surface area contributed by atoms with E-state index in [1.165, 1.54) is 46.8 Å². The van der Waals surface area contributed by atoms with Crippen molar-refractivity contribution in [3.8, 4) is 11.3 Å². The number of aryl methyl sites for hydroxylation is 1. The first-order chi connectivity index (χ1) is 17.1. The predicted molar refractivity (Wildman–Crippen MR) is 131 cm³/mol. The van der Waals surface area contributed by atoms with Crippen molar-refractivity contribution in [3.05, 3.63) is 76.0 Å². The van der Waals surface area contributed by atoms with Crippen molar-refractivity contribution in [1.82, 2.24) is 4.31 Å². The molecular formula is C24H25N3O8S. The summed E-state index contributed by atoms with van der Waals surface area (Å²) in [4.78, 5) is 34.9.